The van der Waals surface area contributed by atoms with Gasteiger partial charge in [-0.25, -0.2) is 0 Å². The maximum absolute atomic E-state index is 13.8. The number of hydrogen-bond acceptors (Lipinski definition) is 11. The summed E-state index contributed by atoms with van der Waals surface area (Å²) >= 11 is 0. The lowest BCUT2D eigenvalue weighted by Gasteiger charge is -2.31. The van der Waals surface area contributed by atoms with E-state index in [4.69, 9.17) is 14.2 Å². The second kappa shape index (κ2) is 27.5. The molecule has 0 saturated heterocycles. The van der Waals surface area contributed by atoms with Crippen molar-refractivity contribution in [1.29, 1.82) is 0 Å². The molecule has 1 atom stereocenters. The molecule has 8 amide bonds. The normalized spacial score (nSPS) is 14.1. The summed E-state index contributed by atoms with van der Waals surface area (Å²) in [6.07, 6.45) is 3.18. The lowest BCUT2D eigenvalue weighted by molar-refractivity contribution is -0.137. The highest BCUT2D eigenvalue weighted by Crippen LogP contribution is 2.24. The van der Waals surface area contributed by atoms with Crippen molar-refractivity contribution < 1.29 is 52.6 Å². The summed E-state index contributed by atoms with van der Waals surface area (Å²) in [7, 11) is 0. The van der Waals surface area contributed by atoms with E-state index in [2.05, 4.69) is 31.9 Å². The number of carbonyl (C=O) groups excluding carboxylic acids is 8. The van der Waals surface area contributed by atoms with Crippen LogP contribution in [-0.2, 0) is 52.6 Å². The van der Waals surface area contributed by atoms with Crippen LogP contribution in [0.15, 0.2) is 12.2 Å². The van der Waals surface area contributed by atoms with Crippen LogP contribution in [-0.4, -0.2) is 137 Å². The third kappa shape index (κ3) is 27.2. The highest BCUT2D eigenvalue weighted by Gasteiger charge is 2.31. The van der Waals surface area contributed by atoms with Crippen molar-refractivity contribution in [2.24, 2.45) is 32.5 Å². The molecule has 0 aromatic carbocycles. The van der Waals surface area contributed by atoms with Gasteiger partial charge in [-0.1, -0.05) is 96.9 Å². The Hall–Kier alpha value is -4.42. The van der Waals surface area contributed by atoms with E-state index in [1.807, 2.05) is 83.1 Å². The average Bonchev–Trinajstić information content (AvgIpc) is 3.55. The third-order valence-corrected chi connectivity index (χ3v) is 10.8. The number of ether oxygens (including phenoxy) is 3. The number of carbonyl (C=O) groups is 8. The molecule has 0 saturated carbocycles. The zero-order valence-corrected chi connectivity index (χ0v) is 43.4. The first-order valence-corrected chi connectivity index (χ1v) is 23.7. The molecule has 384 valence electrons. The van der Waals surface area contributed by atoms with Crippen molar-refractivity contribution in [2.75, 3.05) is 78.9 Å². The molecule has 0 bridgehead atoms. The number of hydrogen-bond donors (Lipinski definition) is 6. The van der Waals surface area contributed by atoms with Gasteiger partial charge >= 0.3 is 0 Å². The molecule has 1 aliphatic rings. The molecule has 1 aliphatic heterocycles. The molecule has 18 heteroatoms. The lowest BCUT2D eigenvalue weighted by Crippen LogP contribution is -2.50. The molecule has 0 radical (unpaired) electrons. The summed E-state index contributed by atoms with van der Waals surface area (Å²) in [6, 6.07) is -1.01. The van der Waals surface area contributed by atoms with Gasteiger partial charge < -0.3 is 46.1 Å². The van der Waals surface area contributed by atoms with Crippen molar-refractivity contribution in [1.82, 2.24) is 36.8 Å². The maximum Gasteiger partial charge on any atom is 0.253 e. The molecular weight excluding hydrogens is 863 g/mol. The van der Waals surface area contributed by atoms with Crippen LogP contribution in [0.5, 0.6) is 0 Å². The molecule has 0 aromatic heterocycles. The van der Waals surface area contributed by atoms with E-state index in [-0.39, 0.29) is 98.9 Å². The Kier molecular flexibility index (Phi) is 24.9. The Balaban J connectivity index is 2.86. The van der Waals surface area contributed by atoms with Crippen LogP contribution in [0.2, 0.25) is 0 Å². The van der Waals surface area contributed by atoms with Gasteiger partial charge in [0.05, 0.1) is 39.6 Å². The fourth-order valence-corrected chi connectivity index (χ4v) is 6.43. The molecule has 1 rings (SSSR count). The number of imide groups is 1. The van der Waals surface area contributed by atoms with Crippen LogP contribution in [0.3, 0.4) is 0 Å². The Labute approximate surface area is 400 Å². The molecule has 0 spiro atoms. The Bertz CT molecular complexity index is 1690. The van der Waals surface area contributed by atoms with Crippen LogP contribution in [0.4, 0.5) is 0 Å². The molecule has 0 unspecified atom stereocenters. The van der Waals surface area contributed by atoms with Crippen molar-refractivity contribution in [2.45, 2.75) is 141 Å². The first-order chi connectivity index (χ1) is 30.8. The smallest absolute Gasteiger partial charge is 0.253 e. The van der Waals surface area contributed by atoms with Crippen molar-refractivity contribution >= 4 is 47.3 Å². The van der Waals surface area contributed by atoms with Crippen LogP contribution < -0.4 is 31.9 Å². The highest BCUT2D eigenvalue weighted by molar-refractivity contribution is 6.13. The summed E-state index contributed by atoms with van der Waals surface area (Å²) < 4.78 is 18.1. The lowest BCUT2D eigenvalue weighted by atomic mass is 9.89. The fraction of sp³-hybridized carbons (Fsp3) is 0.796. The van der Waals surface area contributed by atoms with Crippen LogP contribution in [0.1, 0.15) is 135 Å². The Morgan fingerprint density at radius 3 is 1.18 bits per heavy atom. The standard InChI is InChI=1S/C49H87N7O11/c1-15-36(57)50-24-45(5,6)31-66-33-47(9,10)26-52-38(59)18-17-35(43(64)54-28-49(13,14)34-67-32-46(7,8)25-51-37(58)16-2)55-40(61)23-44(3,4)29-65-30-48(11,12)27-53-39(60)21-22-56-41(62)19-20-42(56)63/h19-20,35H,15-18,21-34H2,1-14H3,(H,50,57)(H,51,58)(H,52,59)(H,53,60)(H,54,64)(H,55,61)/t35-/m0/s1. The van der Waals surface area contributed by atoms with Gasteiger partial charge in [-0.05, 0) is 11.8 Å². The van der Waals surface area contributed by atoms with Gasteiger partial charge in [0.15, 0.2) is 0 Å². The minimum atomic E-state index is -1.01. The number of nitrogens with zero attached hydrogens (tertiary/aromatic N) is 1. The summed E-state index contributed by atoms with van der Waals surface area (Å²) in [5.41, 5.74) is -2.61. The quantitative estimate of drug-likeness (QED) is 0.0510. The van der Waals surface area contributed by atoms with Crippen LogP contribution in [0, 0.1) is 32.5 Å². The van der Waals surface area contributed by atoms with E-state index in [9.17, 15) is 38.4 Å². The van der Waals surface area contributed by atoms with Crippen molar-refractivity contribution in [3.05, 3.63) is 12.2 Å². The second-order valence-corrected chi connectivity index (χ2v) is 22.7. The third-order valence-electron chi connectivity index (χ3n) is 10.8. The molecule has 18 nitrogen and oxygen atoms in total. The maximum atomic E-state index is 13.8. The first-order valence-electron chi connectivity index (χ1n) is 23.7. The van der Waals surface area contributed by atoms with Gasteiger partial charge in [0, 0.05) is 111 Å². The van der Waals surface area contributed by atoms with Gasteiger partial charge in [0.2, 0.25) is 35.4 Å². The predicted octanol–water partition coefficient (Wildman–Crippen LogP) is 3.56. The number of nitrogens with one attached hydrogen (secondary N) is 6. The van der Waals surface area contributed by atoms with E-state index in [0.717, 1.165) is 4.90 Å². The monoisotopic (exact) mass is 950 g/mol. The molecule has 6 N–H and O–H groups in total. The van der Waals surface area contributed by atoms with Gasteiger partial charge in [0.1, 0.15) is 6.04 Å². The van der Waals surface area contributed by atoms with E-state index >= 15 is 0 Å². The molecule has 0 aromatic rings. The van der Waals surface area contributed by atoms with E-state index < -0.39 is 45.4 Å². The summed E-state index contributed by atoms with van der Waals surface area (Å²) in [5.74, 6) is -2.34. The van der Waals surface area contributed by atoms with Gasteiger partial charge in [0.25, 0.3) is 11.8 Å². The van der Waals surface area contributed by atoms with Crippen molar-refractivity contribution in [3.63, 3.8) is 0 Å². The zero-order chi connectivity index (χ0) is 51.3. The highest BCUT2D eigenvalue weighted by atomic mass is 16.5. The summed E-state index contributed by atoms with van der Waals surface area (Å²) in [5, 5.41) is 17.4. The number of amides is 8. The van der Waals surface area contributed by atoms with Gasteiger partial charge in [-0.3, -0.25) is 43.3 Å². The van der Waals surface area contributed by atoms with Gasteiger partial charge in [-0.15, -0.1) is 0 Å². The molecule has 0 fully saturated rings. The van der Waals surface area contributed by atoms with E-state index in [1.54, 1.807) is 13.8 Å². The zero-order valence-electron chi connectivity index (χ0n) is 43.4. The average molecular weight is 950 g/mol. The molecule has 67 heavy (non-hydrogen) atoms. The van der Waals surface area contributed by atoms with Crippen LogP contribution in [0.25, 0.3) is 0 Å². The largest absolute Gasteiger partial charge is 0.380 e. The fourth-order valence-electron chi connectivity index (χ4n) is 6.43. The minimum Gasteiger partial charge on any atom is -0.380 e. The van der Waals surface area contributed by atoms with Crippen LogP contribution >= 0.6 is 0 Å². The van der Waals surface area contributed by atoms with E-state index in [0.29, 0.717) is 58.9 Å². The molecular formula is C49H87N7O11. The van der Waals surface area contributed by atoms with Gasteiger partial charge in [-0.2, -0.15) is 0 Å². The van der Waals surface area contributed by atoms with E-state index in [1.165, 1.54) is 12.2 Å². The SMILES string of the molecule is CCC(=O)NCC(C)(C)COCC(C)(C)CNC(=O)CC[C@H](NC(=O)CC(C)(C)COCC(C)(C)CNC(=O)CCN1C(=O)C=CC1=O)C(=O)NCC(C)(C)COCC(C)(C)CNC(=O)CC. The molecule has 1 heterocycles. The second-order valence-electron chi connectivity index (χ2n) is 22.7. The minimum absolute atomic E-state index is 0.00828. The summed E-state index contributed by atoms with van der Waals surface area (Å²) in [6.45, 7) is 30.8. The Morgan fingerprint density at radius 2 is 0.806 bits per heavy atom. The summed E-state index contributed by atoms with van der Waals surface area (Å²) in [4.78, 5) is 101. The Morgan fingerprint density at radius 1 is 0.478 bits per heavy atom. The predicted molar refractivity (Wildman–Crippen MR) is 257 cm³/mol. The first kappa shape index (κ1) is 60.6. The molecule has 0 aliphatic carbocycles. The number of rotatable bonds is 34. The topological polar surface area (TPSA) is 240 Å². The van der Waals surface area contributed by atoms with Crippen molar-refractivity contribution in [3.8, 4) is 0 Å².